The van der Waals surface area contributed by atoms with Gasteiger partial charge in [0.05, 0.1) is 22.0 Å². The van der Waals surface area contributed by atoms with Gasteiger partial charge in [0.25, 0.3) is 5.91 Å². The van der Waals surface area contributed by atoms with Crippen LogP contribution in [0.5, 0.6) is 0 Å². The third kappa shape index (κ3) is 2.59. The Morgan fingerprint density at radius 1 is 1.19 bits per heavy atom. The lowest BCUT2D eigenvalue weighted by Crippen LogP contribution is -2.31. The van der Waals surface area contributed by atoms with Gasteiger partial charge in [0.2, 0.25) is 0 Å². The van der Waals surface area contributed by atoms with Gasteiger partial charge in [-0.3, -0.25) is 4.79 Å². The van der Waals surface area contributed by atoms with E-state index in [4.69, 9.17) is 11.6 Å². The molecule has 1 N–H and O–H groups in total. The zero-order chi connectivity index (χ0) is 14.8. The zero-order valence-electron chi connectivity index (χ0n) is 11.3. The van der Waals surface area contributed by atoms with Crippen molar-refractivity contribution in [3.63, 3.8) is 0 Å². The second-order valence-electron chi connectivity index (χ2n) is 4.86. The molecule has 2 aromatic rings. The van der Waals surface area contributed by atoms with Gasteiger partial charge in [0.15, 0.2) is 0 Å². The van der Waals surface area contributed by atoms with Crippen molar-refractivity contribution < 1.29 is 9.18 Å². The Kier molecular flexibility index (Phi) is 3.80. The van der Waals surface area contributed by atoms with Gasteiger partial charge in [-0.2, -0.15) is 0 Å². The molecule has 0 aromatic heterocycles. The number of hydrogen-bond donors (Lipinski definition) is 1. The topological polar surface area (TPSA) is 32.3 Å². The number of para-hydroxylation sites is 2. The first-order chi connectivity index (χ1) is 10.2. The Hall–Kier alpha value is -2.07. The van der Waals surface area contributed by atoms with Gasteiger partial charge >= 0.3 is 0 Å². The van der Waals surface area contributed by atoms with Crippen LogP contribution in [-0.2, 0) is 0 Å². The number of anilines is 2. The molecule has 0 aliphatic carbocycles. The Bertz CT molecular complexity index is 690. The number of hydrogen-bond acceptors (Lipinski definition) is 2. The van der Waals surface area contributed by atoms with Crippen LogP contribution in [0.25, 0.3) is 0 Å². The number of halogens is 2. The Morgan fingerprint density at radius 2 is 2.00 bits per heavy atom. The maximum Gasteiger partial charge on any atom is 0.259 e. The normalized spacial score (nSPS) is 14.1. The van der Waals surface area contributed by atoms with Crippen LogP contribution in [0.15, 0.2) is 42.5 Å². The van der Waals surface area contributed by atoms with Crippen LogP contribution < -0.4 is 10.2 Å². The number of rotatable bonds is 1. The van der Waals surface area contributed by atoms with Gasteiger partial charge in [-0.15, -0.1) is 0 Å². The summed E-state index contributed by atoms with van der Waals surface area (Å²) >= 11 is 5.94. The van der Waals surface area contributed by atoms with E-state index in [0.29, 0.717) is 6.54 Å². The molecule has 1 amide bonds. The highest BCUT2D eigenvalue weighted by Gasteiger charge is 2.24. The smallest absolute Gasteiger partial charge is 0.259 e. The maximum absolute atomic E-state index is 13.6. The minimum atomic E-state index is -0.580. The fourth-order valence-corrected chi connectivity index (χ4v) is 2.67. The summed E-state index contributed by atoms with van der Waals surface area (Å²) in [6.45, 7) is 1.35. The van der Waals surface area contributed by atoms with Gasteiger partial charge in [-0.25, -0.2) is 4.39 Å². The molecular weight excluding hydrogens is 291 g/mol. The quantitative estimate of drug-likeness (QED) is 0.865. The van der Waals surface area contributed by atoms with Crippen LogP contribution >= 0.6 is 11.6 Å². The van der Waals surface area contributed by atoms with Crippen molar-refractivity contribution >= 4 is 28.9 Å². The number of nitrogens with zero attached hydrogens (tertiary/aromatic N) is 1. The molecule has 0 atom stereocenters. The van der Waals surface area contributed by atoms with E-state index >= 15 is 0 Å². The predicted molar refractivity (Wildman–Crippen MR) is 82.6 cm³/mol. The van der Waals surface area contributed by atoms with Crippen LogP contribution in [0.2, 0.25) is 5.02 Å². The second kappa shape index (κ2) is 5.74. The number of nitrogens with one attached hydrogen (secondary N) is 1. The van der Waals surface area contributed by atoms with E-state index in [2.05, 4.69) is 5.32 Å². The molecule has 108 valence electrons. The Morgan fingerprint density at radius 3 is 2.86 bits per heavy atom. The summed E-state index contributed by atoms with van der Waals surface area (Å²) in [6, 6.07) is 11.9. The molecule has 2 aromatic carbocycles. The molecule has 1 aliphatic heterocycles. The average Bonchev–Trinajstić information content (AvgIpc) is 2.72. The Labute approximate surface area is 127 Å². The lowest BCUT2D eigenvalue weighted by atomic mass is 10.1. The van der Waals surface area contributed by atoms with E-state index in [0.717, 1.165) is 24.3 Å². The fourth-order valence-electron chi connectivity index (χ4n) is 2.46. The highest BCUT2D eigenvalue weighted by atomic mass is 35.5. The number of amides is 1. The molecule has 1 aliphatic rings. The number of benzene rings is 2. The number of carbonyl (C=O) groups excluding carboxylic acids is 1. The Balaban J connectivity index is 2.03. The van der Waals surface area contributed by atoms with E-state index < -0.39 is 5.82 Å². The fraction of sp³-hybridized carbons (Fsp3) is 0.188. The summed E-state index contributed by atoms with van der Waals surface area (Å²) in [4.78, 5) is 14.4. The van der Waals surface area contributed by atoms with Crippen LogP contribution in [0.4, 0.5) is 15.8 Å². The van der Waals surface area contributed by atoms with Crippen molar-refractivity contribution in [3.8, 4) is 0 Å². The SMILES string of the molecule is O=C(c1cccc(F)c1Cl)N1CCCNc2ccccc21. The van der Waals surface area contributed by atoms with Crippen LogP contribution in [0.1, 0.15) is 16.8 Å². The van der Waals surface area contributed by atoms with Crippen LogP contribution in [-0.4, -0.2) is 19.0 Å². The van der Waals surface area contributed by atoms with E-state index in [1.807, 2.05) is 24.3 Å². The summed E-state index contributed by atoms with van der Waals surface area (Å²) in [7, 11) is 0. The van der Waals surface area contributed by atoms with Crippen molar-refractivity contribution in [2.75, 3.05) is 23.3 Å². The average molecular weight is 305 g/mol. The molecule has 0 radical (unpaired) electrons. The summed E-state index contributed by atoms with van der Waals surface area (Å²) < 4.78 is 13.6. The lowest BCUT2D eigenvalue weighted by Gasteiger charge is -2.23. The molecular formula is C16H14ClFN2O. The van der Waals surface area contributed by atoms with Crippen LogP contribution in [0.3, 0.4) is 0 Å². The molecule has 0 saturated carbocycles. The molecule has 1 heterocycles. The predicted octanol–water partition coefficient (Wildman–Crippen LogP) is 3.94. The van der Waals surface area contributed by atoms with Gasteiger partial charge < -0.3 is 10.2 Å². The molecule has 0 spiro atoms. The van der Waals surface area contributed by atoms with Gasteiger partial charge in [0, 0.05) is 13.1 Å². The minimum Gasteiger partial charge on any atom is -0.383 e. The first-order valence-corrected chi connectivity index (χ1v) is 7.15. The molecule has 0 fully saturated rings. The standard InChI is InChI=1S/C16H14ClFN2O/c17-15-11(5-3-6-12(15)18)16(21)20-10-4-9-19-13-7-1-2-8-14(13)20/h1-3,5-8,19H,4,9-10H2. The minimum absolute atomic E-state index is 0.128. The lowest BCUT2D eigenvalue weighted by molar-refractivity contribution is 0.0987. The van der Waals surface area contributed by atoms with E-state index in [9.17, 15) is 9.18 Å². The van der Waals surface area contributed by atoms with Crippen LogP contribution in [0, 0.1) is 5.82 Å². The molecule has 0 saturated heterocycles. The maximum atomic E-state index is 13.6. The van der Waals surface area contributed by atoms with Crippen molar-refractivity contribution in [1.82, 2.24) is 0 Å². The molecule has 0 bridgehead atoms. The summed E-state index contributed by atoms with van der Waals surface area (Å²) in [5, 5.41) is 3.16. The van der Waals surface area contributed by atoms with Crippen molar-refractivity contribution in [3.05, 3.63) is 58.9 Å². The third-order valence-corrected chi connectivity index (χ3v) is 3.88. The monoisotopic (exact) mass is 304 g/mol. The third-order valence-electron chi connectivity index (χ3n) is 3.50. The highest BCUT2D eigenvalue weighted by molar-refractivity contribution is 6.34. The summed E-state index contributed by atoms with van der Waals surface area (Å²) in [5.74, 6) is -0.862. The highest BCUT2D eigenvalue weighted by Crippen LogP contribution is 2.31. The van der Waals surface area contributed by atoms with E-state index in [1.54, 1.807) is 11.0 Å². The summed E-state index contributed by atoms with van der Waals surface area (Å²) in [5.41, 5.74) is 1.88. The van der Waals surface area contributed by atoms with E-state index in [1.165, 1.54) is 12.1 Å². The summed E-state index contributed by atoms with van der Waals surface area (Å²) in [6.07, 6.45) is 0.813. The van der Waals surface area contributed by atoms with E-state index in [-0.39, 0.29) is 16.5 Å². The molecule has 5 heteroatoms. The van der Waals surface area contributed by atoms with Crippen molar-refractivity contribution in [2.24, 2.45) is 0 Å². The second-order valence-corrected chi connectivity index (χ2v) is 5.23. The van der Waals surface area contributed by atoms with Crippen molar-refractivity contribution in [2.45, 2.75) is 6.42 Å². The first kappa shape index (κ1) is 13.9. The van der Waals surface area contributed by atoms with Gasteiger partial charge in [-0.05, 0) is 30.7 Å². The van der Waals surface area contributed by atoms with Gasteiger partial charge in [-0.1, -0.05) is 29.8 Å². The largest absolute Gasteiger partial charge is 0.383 e. The van der Waals surface area contributed by atoms with Gasteiger partial charge in [0.1, 0.15) is 5.82 Å². The molecule has 0 unspecified atom stereocenters. The molecule has 3 rings (SSSR count). The first-order valence-electron chi connectivity index (χ1n) is 6.77. The number of carbonyl (C=O) groups is 1. The molecule has 21 heavy (non-hydrogen) atoms. The molecule has 3 nitrogen and oxygen atoms in total. The van der Waals surface area contributed by atoms with Crippen molar-refractivity contribution in [1.29, 1.82) is 0 Å². The number of fused-ring (bicyclic) bond motifs is 1. The zero-order valence-corrected chi connectivity index (χ0v) is 12.0.